The van der Waals surface area contributed by atoms with Gasteiger partial charge < -0.3 is 9.32 Å². The maximum absolute atomic E-state index is 5.46. The summed E-state index contributed by atoms with van der Waals surface area (Å²) in [5.41, 5.74) is 2.54. The number of furan rings is 1. The van der Waals surface area contributed by atoms with Crippen molar-refractivity contribution >= 4 is 0 Å². The highest BCUT2D eigenvalue weighted by molar-refractivity contribution is 5.57. The Bertz CT molecular complexity index is 623. The van der Waals surface area contributed by atoms with Crippen LogP contribution in [0.15, 0.2) is 47.1 Å². The molecule has 0 amide bonds. The maximum Gasteiger partial charge on any atom is 0.133 e. The lowest BCUT2D eigenvalue weighted by atomic mass is 10.1. The summed E-state index contributed by atoms with van der Waals surface area (Å²) in [4.78, 5) is 7.72. The first-order valence-electron chi connectivity index (χ1n) is 8.56. The molecule has 4 nitrogen and oxygen atoms in total. The topological polar surface area (TPSA) is 22.9 Å². The Hall–Kier alpha value is -1.62. The molecule has 23 heavy (non-hydrogen) atoms. The van der Waals surface area contributed by atoms with E-state index in [1.807, 2.05) is 12.1 Å². The van der Waals surface area contributed by atoms with Crippen LogP contribution < -0.4 is 0 Å². The second-order valence-corrected chi connectivity index (χ2v) is 6.86. The molecule has 2 aliphatic heterocycles. The quantitative estimate of drug-likeness (QED) is 0.868. The molecule has 2 aliphatic rings. The summed E-state index contributed by atoms with van der Waals surface area (Å²) in [6, 6.07) is 13.4. The first-order valence-corrected chi connectivity index (χ1v) is 8.56. The third-order valence-electron chi connectivity index (χ3n) is 5.15. The van der Waals surface area contributed by atoms with Crippen LogP contribution in [0.3, 0.4) is 0 Å². The summed E-state index contributed by atoms with van der Waals surface area (Å²) in [6.45, 7) is 8.27. The van der Waals surface area contributed by atoms with Crippen molar-refractivity contribution in [3.63, 3.8) is 0 Å². The molecule has 3 heterocycles. The summed E-state index contributed by atoms with van der Waals surface area (Å²) in [5, 5.41) is 0. The van der Waals surface area contributed by atoms with Crippen LogP contribution in [0, 0.1) is 0 Å². The number of hydrogen-bond donors (Lipinski definition) is 0. The molecule has 2 saturated heterocycles. The highest BCUT2D eigenvalue weighted by atomic mass is 16.3. The van der Waals surface area contributed by atoms with Crippen molar-refractivity contribution in [2.45, 2.75) is 12.6 Å². The third kappa shape index (κ3) is 3.34. The first-order chi connectivity index (χ1) is 11.3. The molecule has 0 bridgehead atoms. The van der Waals surface area contributed by atoms with Crippen molar-refractivity contribution in [2.75, 3.05) is 46.3 Å². The number of hydrogen-bond acceptors (Lipinski definition) is 4. The van der Waals surface area contributed by atoms with Crippen LogP contribution in [0.1, 0.15) is 5.56 Å². The number of piperazine rings is 2. The first kappa shape index (κ1) is 14.9. The normalized spacial score (nSPS) is 23.8. The highest BCUT2D eigenvalue weighted by Crippen LogP contribution is 2.21. The standard InChI is InChI=1S/C19H25N3O/c1-20-8-10-22-11-9-21(15-18(22)14-20)13-16-4-6-17(7-5-16)19-3-2-12-23-19/h2-7,12,18H,8-11,13-15H2,1H3/t18-/m0/s1. The van der Waals surface area contributed by atoms with Crippen molar-refractivity contribution in [3.05, 3.63) is 48.2 Å². The Kier molecular flexibility index (Phi) is 4.21. The largest absolute Gasteiger partial charge is 0.464 e. The molecule has 4 heteroatoms. The molecule has 122 valence electrons. The van der Waals surface area contributed by atoms with Crippen molar-refractivity contribution < 1.29 is 4.42 Å². The van der Waals surface area contributed by atoms with E-state index in [4.69, 9.17) is 4.42 Å². The van der Waals surface area contributed by atoms with Crippen LogP contribution in [-0.2, 0) is 6.54 Å². The fourth-order valence-corrected chi connectivity index (χ4v) is 3.79. The van der Waals surface area contributed by atoms with E-state index in [1.54, 1.807) is 6.26 Å². The summed E-state index contributed by atoms with van der Waals surface area (Å²) >= 11 is 0. The Morgan fingerprint density at radius 2 is 1.83 bits per heavy atom. The van der Waals surface area contributed by atoms with Crippen LogP contribution in [0.2, 0.25) is 0 Å². The summed E-state index contributed by atoms with van der Waals surface area (Å²) < 4.78 is 5.46. The van der Waals surface area contributed by atoms with Crippen LogP contribution in [0.25, 0.3) is 11.3 Å². The lowest BCUT2D eigenvalue weighted by Crippen LogP contribution is -2.60. The zero-order valence-electron chi connectivity index (χ0n) is 13.8. The molecule has 0 spiro atoms. The molecule has 0 aliphatic carbocycles. The van der Waals surface area contributed by atoms with Crippen LogP contribution in [0.5, 0.6) is 0 Å². The average Bonchev–Trinajstić information content (AvgIpc) is 3.10. The maximum atomic E-state index is 5.46. The molecule has 2 aromatic rings. The Morgan fingerprint density at radius 1 is 1.00 bits per heavy atom. The van der Waals surface area contributed by atoms with Gasteiger partial charge >= 0.3 is 0 Å². The van der Waals surface area contributed by atoms with Gasteiger partial charge in [-0.05, 0) is 24.7 Å². The van der Waals surface area contributed by atoms with Crippen LogP contribution in [-0.4, -0.2) is 67.1 Å². The minimum absolute atomic E-state index is 0.699. The van der Waals surface area contributed by atoms with Gasteiger partial charge in [-0.2, -0.15) is 0 Å². The van der Waals surface area contributed by atoms with Gasteiger partial charge in [0, 0.05) is 57.4 Å². The minimum atomic E-state index is 0.699. The number of fused-ring (bicyclic) bond motifs is 1. The molecular weight excluding hydrogens is 286 g/mol. The molecule has 1 aromatic heterocycles. The number of rotatable bonds is 3. The van der Waals surface area contributed by atoms with E-state index in [1.165, 1.54) is 44.8 Å². The van der Waals surface area contributed by atoms with Crippen molar-refractivity contribution in [2.24, 2.45) is 0 Å². The van der Waals surface area contributed by atoms with Gasteiger partial charge in [0.15, 0.2) is 0 Å². The van der Waals surface area contributed by atoms with Gasteiger partial charge in [-0.25, -0.2) is 0 Å². The van der Waals surface area contributed by atoms with Gasteiger partial charge in [0.25, 0.3) is 0 Å². The van der Waals surface area contributed by atoms with E-state index >= 15 is 0 Å². The summed E-state index contributed by atoms with van der Waals surface area (Å²) in [7, 11) is 2.24. The van der Waals surface area contributed by atoms with Gasteiger partial charge in [-0.3, -0.25) is 9.80 Å². The van der Waals surface area contributed by atoms with E-state index < -0.39 is 0 Å². The van der Waals surface area contributed by atoms with E-state index in [0.29, 0.717) is 6.04 Å². The van der Waals surface area contributed by atoms with E-state index in [9.17, 15) is 0 Å². The number of benzene rings is 1. The summed E-state index contributed by atoms with van der Waals surface area (Å²) in [6.07, 6.45) is 1.73. The number of likely N-dealkylation sites (N-methyl/N-ethyl adjacent to an activating group) is 1. The average molecular weight is 311 g/mol. The van der Waals surface area contributed by atoms with E-state index in [0.717, 1.165) is 17.9 Å². The van der Waals surface area contributed by atoms with Gasteiger partial charge in [-0.15, -0.1) is 0 Å². The van der Waals surface area contributed by atoms with Gasteiger partial charge in [0.1, 0.15) is 5.76 Å². The predicted octanol–water partition coefficient (Wildman–Crippen LogP) is 2.38. The third-order valence-corrected chi connectivity index (χ3v) is 5.15. The Morgan fingerprint density at radius 3 is 2.61 bits per heavy atom. The molecule has 1 aromatic carbocycles. The molecule has 0 saturated carbocycles. The SMILES string of the molecule is CN1CCN2CCN(Cc3ccc(-c4ccco4)cc3)C[C@@H]2C1. The second kappa shape index (κ2) is 6.48. The molecule has 1 atom stereocenters. The monoisotopic (exact) mass is 311 g/mol. The lowest BCUT2D eigenvalue weighted by Gasteiger charge is -2.46. The molecule has 4 rings (SSSR count). The molecular formula is C19H25N3O. The van der Waals surface area contributed by atoms with E-state index in [-0.39, 0.29) is 0 Å². The second-order valence-electron chi connectivity index (χ2n) is 6.86. The number of nitrogens with zero attached hydrogens (tertiary/aromatic N) is 3. The van der Waals surface area contributed by atoms with E-state index in [2.05, 4.69) is 46.0 Å². The molecule has 2 fully saturated rings. The zero-order valence-corrected chi connectivity index (χ0v) is 13.8. The van der Waals surface area contributed by atoms with Crippen molar-refractivity contribution in [1.82, 2.24) is 14.7 Å². The minimum Gasteiger partial charge on any atom is -0.464 e. The predicted molar refractivity (Wildman–Crippen MR) is 92.3 cm³/mol. The van der Waals surface area contributed by atoms with Crippen LogP contribution >= 0.6 is 0 Å². The Balaban J connectivity index is 1.38. The Labute approximate surface area is 138 Å². The smallest absolute Gasteiger partial charge is 0.133 e. The zero-order chi connectivity index (χ0) is 15.6. The molecule has 0 radical (unpaired) electrons. The van der Waals surface area contributed by atoms with Crippen LogP contribution in [0.4, 0.5) is 0 Å². The fraction of sp³-hybridized carbons (Fsp3) is 0.474. The summed E-state index contributed by atoms with van der Waals surface area (Å²) in [5.74, 6) is 0.940. The molecule has 0 unspecified atom stereocenters. The van der Waals surface area contributed by atoms with Crippen molar-refractivity contribution in [3.8, 4) is 11.3 Å². The fourth-order valence-electron chi connectivity index (χ4n) is 3.79. The van der Waals surface area contributed by atoms with Gasteiger partial charge in [0.2, 0.25) is 0 Å². The van der Waals surface area contributed by atoms with Gasteiger partial charge in [0.05, 0.1) is 6.26 Å². The highest BCUT2D eigenvalue weighted by Gasteiger charge is 2.30. The lowest BCUT2D eigenvalue weighted by molar-refractivity contribution is 0.0175. The molecule has 0 N–H and O–H groups in total. The van der Waals surface area contributed by atoms with Gasteiger partial charge in [-0.1, -0.05) is 24.3 Å². The van der Waals surface area contributed by atoms with Crippen molar-refractivity contribution in [1.29, 1.82) is 0 Å².